The van der Waals surface area contributed by atoms with Gasteiger partial charge in [0.2, 0.25) is 5.91 Å². The van der Waals surface area contributed by atoms with E-state index in [1.54, 1.807) is 36.7 Å². The fourth-order valence-electron chi connectivity index (χ4n) is 5.38. The van der Waals surface area contributed by atoms with Crippen molar-refractivity contribution in [2.45, 2.75) is 38.9 Å². The molecule has 1 aliphatic heterocycles. The van der Waals surface area contributed by atoms with Crippen molar-refractivity contribution in [1.29, 1.82) is 0 Å². The third-order valence-corrected chi connectivity index (χ3v) is 8.24. The van der Waals surface area contributed by atoms with Gasteiger partial charge in [-0.1, -0.05) is 29.8 Å². The molecule has 46 heavy (non-hydrogen) atoms. The highest BCUT2D eigenvalue weighted by Gasteiger charge is 2.22. The summed E-state index contributed by atoms with van der Waals surface area (Å²) in [7, 11) is 1.48. The number of methoxy groups -OCH3 is 1. The number of anilines is 1. The molecule has 2 aromatic carbocycles. The number of aromatic nitrogens is 2. The van der Waals surface area contributed by atoms with Crippen LogP contribution in [0.2, 0.25) is 5.02 Å². The van der Waals surface area contributed by atoms with Crippen LogP contribution in [-0.4, -0.2) is 59.7 Å². The first kappa shape index (κ1) is 33.0. The van der Waals surface area contributed by atoms with Crippen LogP contribution in [0.1, 0.15) is 40.0 Å². The van der Waals surface area contributed by atoms with E-state index in [1.165, 1.54) is 13.2 Å². The van der Waals surface area contributed by atoms with E-state index in [9.17, 15) is 9.59 Å². The van der Waals surface area contributed by atoms with Gasteiger partial charge in [0, 0.05) is 73.4 Å². The minimum atomic E-state index is -0.468. The highest BCUT2D eigenvalue weighted by Crippen LogP contribution is 2.39. The number of rotatable bonds is 13. The standard InChI is InChI=1S/C34H36ClFN6O4/c1-20-24(4-3-5-28(20)42-34(45)29-8-6-21(17-40-29)16-37-12-13-43)25-10-11-39-33(32(25)35)22-14-27(36)26(30(15-22)46-2)19-38-18-23-7-9-31(44)41-23/h3-6,8,10-11,14-15,17,23,37-38,43H,7,9,12-13,16,18-19H2,1-2H3,(H,41,44)(H,42,45)/t23-/m1/s1. The van der Waals surface area contributed by atoms with Gasteiger partial charge >= 0.3 is 0 Å². The molecule has 0 spiro atoms. The van der Waals surface area contributed by atoms with Crippen molar-refractivity contribution in [3.05, 3.63) is 94.1 Å². The van der Waals surface area contributed by atoms with Crippen LogP contribution < -0.4 is 26.0 Å². The molecule has 5 rings (SSSR count). The van der Waals surface area contributed by atoms with Crippen LogP contribution in [0.25, 0.3) is 22.4 Å². The number of pyridine rings is 2. The van der Waals surface area contributed by atoms with Crippen LogP contribution in [-0.2, 0) is 17.9 Å². The van der Waals surface area contributed by atoms with Gasteiger partial charge in [0.25, 0.3) is 5.91 Å². The van der Waals surface area contributed by atoms with Crippen molar-refractivity contribution in [2.24, 2.45) is 0 Å². The first-order valence-corrected chi connectivity index (χ1v) is 15.4. The summed E-state index contributed by atoms with van der Waals surface area (Å²) in [4.78, 5) is 33.2. The monoisotopic (exact) mass is 646 g/mol. The summed E-state index contributed by atoms with van der Waals surface area (Å²) in [5.41, 5.74) is 5.18. The Morgan fingerprint density at radius 3 is 2.70 bits per heavy atom. The van der Waals surface area contributed by atoms with Gasteiger partial charge in [-0.05, 0) is 60.4 Å². The Labute approximate surface area is 271 Å². The van der Waals surface area contributed by atoms with E-state index >= 15 is 4.39 Å². The molecular weight excluding hydrogens is 611 g/mol. The maximum Gasteiger partial charge on any atom is 0.274 e. The maximum atomic E-state index is 15.5. The molecule has 0 bridgehead atoms. The SMILES string of the molecule is COc1cc(-c2nccc(-c3cccc(NC(=O)c4ccc(CNCCO)cn4)c3C)c2Cl)cc(F)c1CNC[C@H]1CCC(=O)N1. The summed E-state index contributed by atoms with van der Waals surface area (Å²) in [5, 5.41) is 21.4. The topological polar surface area (TPSA) is 138 Å². The Hall–Kier alpha value is -4.42. The zero-order valence-corrected chi connectivity index (χ0v) is 26.4. The van der Waals surface area contributed by atoms with Gasteiger partial charge in [0.15, 0.2) is 0 Å². The number of hydrogen-bond acceptors (Lipinski definition) is 8. The maximum absolute atomic E-state index is 15.5. The minimum Gasteiger partial charge on any atom is -0.496 e. The molecule has 2 amide bonds. The largest absolute Gasteiger partial charge is 0.496 e. The quantitative estimate of drug-likeness (QED) is 0.133. The first-order chi connectivity index (χ1) is 22.3. The van der Waals surface area contributed by atoms with Crippen LogP contribution in [0.4, 0.5) is 10.1 Å². The lowest BCUT2D eigenvalue weighted by atomic mass is 9.97. The Morgan fingerprint density at radius 2 is 1.98 bits per heavy atom. The molecule has 0 radical (unpaired) electrons. The molecule has 240 valence electrons. The highest BCUT2D eigenvalue weighted by atomic mass is 35.5. The third kappa shape index (κ3) is 7.68. The molecule has 1 aliphatic rings. The molecule has 0 saturated carbocycles. The van der Waals surface area contributed by atoms with Crippen LogP contribution in [0.3, 0.4) is 0 Å². The van der Waals surface area contributed by atoms with Crippen molar-refractivity contribution in [3.8, 4) is 28.1 Å². The van der Waals surface area contributed by atoms with Gasteiger partial charge in [-0.2, -0.15) is 0 Å². The van der Waals surface area contributed by atoms with Crippen molar-refractivity contribution < 1.29 is 23.8 Å². The van der Waals surface area contributed by atoms with E-state index < -0.39 is 5.82 Å². The lowest BCUT2D eigenvalue weighted by Crippen LogP contribution is -2.35. The summed E-state index contributed by atoms with van der Waals surface area (Å²) < 4.78 is 21.0. The lowest BCUT2D eigenvalue weighted by Gasteiger charge is -2.17. The van der Waals surface area contributed by atoms with Crippen LogP contribution in [0.5, 0.6) is 5.75 Å². The molecule has 3 heterocycles. The molecule has 0 unspecified atom stereocenters. The van der Waals surface area contributed by atoms with Gasteiger partial charge in [-0.25, -0.2) is 4.39 Å². The van der Waals surface area contributed by atoms with E-state index in [4.69, 9.17) is 21.4 Å². The van der Waals surface area contributed by atoms with Gasteiger partial charge < -0.3 is 31.1 Å². The second-order valence-electron chi connectivity index (χ2n) is 11.0. The molecule has 1 fully saturated rings. The van der Waals surface area contributed by atoms with E-state index in [2.05, 4.69) is 31.2 Å². The zero-order valence-electron chi connectivity index (χ0n) is 25.6. The summed E-state index contributed by atoms with van der Waals surface area (Å²) in [5.74, 6) is -0.446. The number of amides is 2. The number of halogens is 2. The van der Waals surface area contributed by atoms with Crippen molar-refractivity contribution in [1.82, 2.24) is 25.9 Å². The van der Waals surface area contributed by atoms with Gasteiger partial charge in [0.05, 0.1) is 24.4 Å². The van der Waals surface area contributed by atoms with E-state index in [1.807, 2.05) is 25.1 Å². The van der Waals surface area contributed by atoms with Gasteiger partial charge in [0.1, 0.15) is 17.3 Å². The van der Waals surface area contributed by atoms with Gasteiger partial charge in [-0.15, -0.1) is 0 Å². The first-order valence-electron chi connectivity index (χ1n) is 15.0. The fourth-order valence-corrected chi connectivity index (χ4v) is 5.70. The summed E-state index contributed by atoms with van der Waals surface area (Å²) in [6.07, 6.45) is 4.48. The Bertz CT molecular complexity index is 1720. The van der Waals surface area contributed by atoms with Gasteiger partial charge in [-0.3, -0.25) is 19.6 Å². The predicted molar refractivity (Wildman–Crippen MR) is 175 cm³/mol. The minimum absolute atomic E-state index is 0.0241. The number of benzene rings is 2. The fraction of sp³-hybridized carbons (Fsp3) is 0.294. The molecule has 12 heteroatoms. The number of aliphatic hydroxyl groups excluding tert-OH is 1. The summed E-state index contributed by atoms with van der Waals surface area (Å²) in [6, 6.07) is 13.9. The van der Waals surface area contributed by atoms with E-state index in [-0.39, 0.29) is 36.7 Å². The molecule has 5 N–H and O–H groups in total. The van der Waals surface area contributed by atoms with Crippen molar-refractivity contribution >= 4 is 29.1 Å². The molecule has 0 aliphatic carbocycles. The number of nitrogens with zero attached hydrogens (tertiary/aromatic N) is 2. The number of ether oxygens (including phenoxy) is 1. The lowest BCUT2D eigenvalue weighted by molar-refractivity contribution is -0.119. The smallest absolute Gasteiger partial charge is 0.274 e. The van der Waals surface area contributed by atoms with E-state index in [0.29, 0.717) is 64.9 Å². The van der Waals surface area contributed by atoms with Crippen LogP contribution in [0, 0.1) is 12.7 Å². The molecular formula is C34H36ClFN6O4. The normalized spacial score (nSPS) is 14.3. The number of nitrogens with one attached hydrogen (secondary N) is 4. The van der Waals surface area contributed by atoms with E-state index in [0.717, 1.165) is 23.1 Å². The molecule has 1 saturated heterocycles. The highest BCUT2D eigenvalue weighted by molar-refractivity contribution is 6.35. The van der Waals surface area contributed by atoms with Crippen molar-refractivity contribution in [3.63, 3.8) is 0 Å². The molecule has 4 aromatic rings. The third-order valence-electron chi connectivity index (χ3n) is 7.86. The number of carbonyl (C=O) groups excluding carboxylic acids is 2. The molecule has 1 atom stereocenters. The van der Waals surface area contributed by atoms with Crippen molar-refractivity contribution in [2.75, 3.05) is 32.1 Å². The second-order valence-corrected chi connectivity index (χ2v) is 11.4. The average Bonchev–Trinajstić information content (AvgIpc) is 3.48. The molecule has 10 nitrogen and oxygen atoms in total. The summed E-state index contributed by atoms with van der Waals surface area (Å²) >= 11 is 6.93. The van der Waals surface area contributed by atoms with Crippen LogP contribution >= 0.6 is 11.6 Å². The Morgan fingerprint density at radius 1 is 1.13 bits per heavy atom. The number of carbonyl (C=O) groups is 2. The molecule has 2 aromatic heterocycles. The Kier molecular flexibility index (Phi) is 10.9. The summed E-state index contributed by atoms with van der Waals surface area (Å²) in [6.45, 7) is 3.68. The Balaban J connectivity index is 1.34. The number of hydrogen-bond donors (Lipinski definition) is 5. The average molecular weight is 647 g/mol. The van der Waals surface area contributed by atoms with Crippen LogP contribution in [0.15, 0.2) is 60.9 Å². The predicted octanol–water partition coefficient (Wildman–Crippen LogP) is 4.62. The second kappa shape index (κ2) is 15.2. The number of aliphatic hydroxyl groups is 1. The zero-order chi connectivity index (χ0) is 32.6.